The van der Waals surface area contributed by atoms with Crippen LogP contribution in [-0.4, -0.2) is 16.0 Å². The molecule has 2 rings (SSSR count). The molecular weight excluding hydrogens is 261 g/mol. The summed E-state index contributed by atoms with van der Waals surface area (Å²) >= 11 is 0. The first-order chi connectivity index (χ1) is 9.52. The number of rotatable bonds is 3. The molecule has 0 bridgehead atoms. The van der Waals surface area contributed by atoms with Crippen LogP contribution in [0.1, 0.15) is 16.7 Å². The van der Waals surface area contributed by atoms with Crippen molar-refractivity contribution in [3.8, 4) is 11.6 Å². The summed E-state index contributed by atoms with van der Waals surface area (Å²) in [4.78, 5) is 4.01. The zero-order valence-electron chi connectivity index (χ0n) is 11.1. The zero-order valence-corrected chi connectivity index (χ0v) is 11.1. The van der Waals surface area contributed by atoms with E-state index in [2.05, 4.69) is 10.1 Å². The fraction of sp³-hybridized carbons (Fsp3) is 0.143. The van der Waals surface area contributed by atoms with Crippen molar-refractivity contribution in [3.63, 3.8) is 0 Å². The molecule has 5 nitrogen and oxygen atoms in total. The second kappa shape index (κ2) is 5.56. The average molecular weight is 275 g/mol. The van der Waals surface area contributed by atoms with Gasteiger partial charge in [0.1, 0.15) is 0 Å². The van der Waals surface area contributed by atoms with Gasteiger partial charge in [-0.2, -0.15) is 0 Å². The van der Waals surface area contributed by atoms with Crippen LogP contribution in [0.4, 0.5) is 4.39 Å². The Bertz CT molecular complexity index is 671. The van der Waals surface area contributed by atoms with Crippen molar-refractivity contribution in [2.24, 2.45) is 10.9 Å². The Morgan fingerprint density at radius 3 is 2.80 bits per heavy atom. The quantitative estimate of drug-likeness (QED) is 0.390. The Labute approximate surface area is 115 Å². The first-order valence-electron chi connectivity index (χ1n) is 5.90. The van der Waals surface area contributed by atoms with Crippen LogP contribution >= 0.6 is 0 Å². The minimum absolute atomic E-state index is 0.0371. The van der Waals surface area contributed by atoms with Crippen LogP contribution in [0.3, 0.4) is 0 Å². The van der Waals surface area contributed by atoms with Gasteiger partial charge in [-0.1, -0.05) is 11.2 Å². The van der Waals surface area contributed by atoms with Crippen LogP contribution in [0.15, 0.2) is 35.6 Å². The van der Waals surface area contributed by atoms with Gasteiger partial charge in [-0.05, 0) is 43.2 Å². The molecule has 1 aromatic carbocycles. The number of aryl methyl sites for hydroxylation is 2. The topological polar surface area (TPSA) is 80.7 Å². The normalized spacial score (nSPS) is 11.4. The summed E-state index contributed by atoms with van der Waals surface area (Å²) < 4.78 is 19.2. The number of pyridine rings is 1. The number of amidine groups is 1. The van der Waals surface area contributed by atoms with Gasteiger partial charge < -0.3 is 15.7 Å². The first kappa shape index (κ1) is 13.8. The number of nitrogens with zero attached hydrogens (tertiary/aromatic N) is 2. The van der Waals surface area contributed by atoms with Crippen LogP contribution in [0.5, 0.6) is 11.6 Å². The van der Waals surface area contributed by atoms with E-state index in [0.717, 1.165) is 5.56 Å². The Morgan fingerprint density at radius 2 is 2.10 bits per heavy atom. The third-order valence-corrected chi connectivity index (χ3v) is 2.78. The Hall–Kier alpha value is -2.63. The van der Waals surface area contributed by atoms with E-state index < -0.39 is 5.82 Å². The summed E-state index contributed by atoms with van der Waals surface area (Å²) in [5.74, 6) is -0.525. The number of aromatic nitrogens is 1. The van der Waals surface area contributed by atoms with Crippen LogP contribution in [-0.2, 0) is 0 Å². The van der Waals surface area contributed by atoms with Crippen LogP contribution in [0.25, 0.3) is 0 Å². The summed E-state index contributed by atoms with van der Waals surface area (Å²) in [5.41, 5.74) is 7.49. The molecule has 3 N–H and O–H groups in total. The van der Waals surface area contributed by atoms with E-state index in [1.807, 2.05) is 6.92 Å². The molecule has 0 unspecified atom stereocenters. The lowest BCUT2D eigenvalue weighted by Gasteiger charge is -2.12. The second-order valence-corrected chi connectivity index (χ2v) is 4.33. The van der Waals surface area contributed by atoms with Gasteiger partial charge in [0.25, 0.3) is 0 Å². The molecule has 0 radical (unpaired) electrons. The van der Waals surface area contributed by atoms with Gasteiger partial charge in [0.05, 0.1) is 5.56 Å². The summed E-state index contributed by atoms with van der Waals surface area (Å²) in [7, 11) is 0. The molecule has 2 aromatic rings. The van der Waals surface area contributed by atoms with E-state index in [9.17, 15) is 4.39 Å². The highest BCUT2D eigenvalue weighted by molar-refractivity contribution is 6.00. The molecule has 1 heterocycles. The second-order valence-electron chi connectivity index (χ2n) is 4.33. The Kier molecular flexibility index (Phi) is 3.84. The van der Waals surface area contributed by atoms with E-state index in [1.54, 1.807) is 25.1 Å². The minimum Gasteiger partial charge on any atom is -0.435 e. The number of benzene rings is 1. The van der Waals surface area contributed by atoms with Crippen LogP contribution in [0, 0.1) is 19.7 Å². The number of hydrogen-bond acceptors (Lipinski definition) is 4. The smallest absolute Gasteiger partial charge is 0.230 e. The predicted molar refractivity (Wildman–Crippen MR) is 72.7 cm³/mol. The van der Waals surface area contributed by atoms with Crippen molar-refractivity contribution in [2.75, 3.05) is 0 Å². The van der Waals surface area contributed by atoms with Gasteiger partial charge in [0.2, 0.25) is 5.88 Å². The van der Waals surface area contributed by atoms with Gasteiger partial charge in [0.15, 0.2) is 17.4 Å². The highest BCUT2D eigenvalue weighted by Gasteiger charge is 2.15. The van der Waals surface area contributed by atoms with Crippen molar-refractivity contribution in [2.45, 2.75) is 13.8 Å². The molecule has 6 heteroatoms. The highest BCUT2D eigenvalue weighted by Crippen LogP contribution is 2.27. The standard InChI is InChI=1S/C14H14FN3O2/c1-8-3-4-10(15)11(7-8)20-14-12(13(16)18-19)9(2)5-6-17-14/h3-7,19H,1-2H3,(H2,16,18). The molecule has 0 fully saturated rings. The molecule has 0 amide bonds. The minimum atomic E-state index is -0.510. The Morgan fingerprint density at radius 1 is 1.35 bits per heavy atom. The van der Waals surface area contributed by atoms with E-state index in [4.69, 9.17) is 15.7 Å². The molecule has 1 aromatic heterocycles. The van der Waals surface area contributed by atoms with Crippen molar-refractivity contribution in [1.29, 1.82) is 0 Å². The molecule has 0 aliphatic carbocycles. The number of hydrogen-bond donors (Lipinski definition) is 2. The molecule has 0 aliphatic rings. The molecular formula is C14H14FN3O2. The van der Waals surface area contributed by atoms with Gasteiger partial charge in [-0.15, -0.1) is 0 Å². The van der Waals surface area contributed by atoms with E-state index in [1.165, 1.54) is 12.3 Å². The fourth-order valence-corrected chi connectivity index (χ4v) is 1.77. The average Bonchev–Trinajstić information content (AvgIpc) is 2.42. The first-order valence-corrected chi connectivity index (χ1v) is 5.90. The molecule has 0 spiro atoms. The summed E-state index contributed by atoms with van der Waals surface area (Å²) in [6.07, 6.45) is 1.51. The predicted octanol–water partition coefficient (Wildman–Crippen LogP) is 2.72. The summed E-state index contributed by atoms with van der Waals surface area (Å²) in [6.45, 7) is 3.58. The SMILES string of the molecule is Cc1ccc(F)c(Oc2nccc(C)c2/C(N)=N/O)c1. The van der Waals surface area contributed by atoms with Crippen molar-refractivity contribution >= 4 is 5.84 Å². The number of oxime groups is 1. The summed E-state index contributed by atoms with van der Waals surface area (Å²) in [5, 5.41) is 11.7. The zero-order chi connectivity index (χ0) is 14.7. The Balaban J connectivity index is 2.49. The van der Waals surface area contributed by atoms with E-state index in [-0.39, 0.29) is 17.5 Å². The fourth-order valence-electron chi connectivity index (χ4n) is 1.77. The maximum absolute atomic E-state index is 13.7. The molecule has 104 valence electrons. The lowest BCUT2D eigenvalue weighted by molar-refractivity contribution is 0.318. The maximum atomic E-state index is 13.7. The molecule has 0 saturated heterocycles. The van der Waals surface area contributed by atoms with E-state index in [0.29, 0.717) is 11.1 Å². The third kappa shape index (κ3) is 2.69. The number of halogens is 1. The van der Waals surface area contributed by atoms with Gasteiger partial charge >= 0.3 is 0 Å². The van der Waals surface area contributed by atoms with Crippen LogP contribution < -0.4 is 10.5 Å². The van der Waals surface area contributed by atoms with Gasteiger partial charge in [0, 0.05) is 6.20 Å². The van der Waals surface area contributed by atoms with Crippen molar-refractivity contribution in [3.05, 3.63) is 53.0 Å². The molecule has 0 aliphatic heterocycles. The summed E-state index contributed by atoms with van der Waals surface area (Å²) in [6, 6.07) is 6.18. The molecule has 0 atom stereocenters. The molecule has 0 saturated carbocycles. The van der Waals surface area contributed by atoms with Crippen molar-refractivity contribution in [1.82, 2.24) is 4.98 Å². The molecule has 20 heavy (non-hydrogen) atoms. The lowest BCUT2D eigenvalue weighted by Crippen LogP contribution is -2.16. The van der Waals surface area contributed by atoms with Crippen molar-refractivity contribution < 1.29 is 14.3 Å². The monoisotopic (exact) mass is 275 g/mol. The third-order valence-electron chi connectivity index (χ3n) is 2.78. The van der Waals surface area contributed by atoms with Gasteiger partial charge in [-0.25, -0.2) is 9.37 Å². The number of ether oxygens (including phenoxy) is 1. The highest BCUT2D eigenvalue weighted by atomic mass is 19.1. The number of nitrogens with two attached hydrogens (primary N) is 1. The largest absolute Gasteiger partial charge is 0.435 e. The maximum Gasteiger partial charge on any atom is 0.230 e. The van der Waals surface area contributed by atoms with Gasteiger partial charge in [-0.3, -0.25) is 0 Å². The van der Waals surface area contributed by atoms with Crippen LogP contribution in [0.2, 0.25) is 0 Å². The van der Waals surface area contributed by atoms with E-state index >= 15 is 0 Å². The lowest BCUT2D eigenvalue weighted by atomic mass is 10.1.